The second-order valence-corrected chi connectivity index (χ2v) is 5.39. The van der Waals surface area contributed by atoms with E-state index in [1.807, 2.05) is 6.07 Å². The number of aromatic nitrogens is 3. The van der Waals surface area contributed by atoms with Crippen molar-refractivity contribution in [2.75, 3.05) is 5.73 Å². The highest BCUT2D eigenvalue weighted by Crippen LogP contribution is 2.38. The molecule has 0 unspecified atom stereocenters. The maximum absolute atomic E-state index is 14.3. The van der Waals surface area contributed by atoms with Crippen molar-refractivity contribution in [3.8, 4) is 11.1 Å². The molecule has 0 radical (unpaired) electrons. The predicted octanol–water partition coefficient (Wildman–Crippen LogP) is 3.92. The first-order valence-corrected chi connectivity index (χ1v) is 7.00. The lowest BCUT2D eigenvalue weighted by Crippen LogP contribution is -2.00. The van der Waals surface area contributed by atoms with Crippen LogP contribution in [0.3, 0.4) is 0 Å². The molecule has 0 aliphatic rings. The Morgan fingerprint density at radius 2 is 1.95 bits per heavy atom. The summed E-state index contributed by atoms with van der Waals surface area (Å²) in [5.41, 5.74) is 8.92. The Morgan fingerprint density at radius 1 is 1.14 bits per heavy atom. The number of nitrogens with zero attached hydrogens (tertiary/aromatic N) is 3. The Bertz CT molecular complexity index is 1030. The van der Waals surface area contributed by atoms with Crippen LogP contribution in [-0.4, -0.2) is 14.6 Å². The standard InChI is InChI=1S/C16H10ClFN4/c17-9-5-6-13-11(7-9)14(10-3-1-2-4-12(10)18)15(19)16-21-20-8-22(13)16/h1-8H,19H2. The Balaban J connectivity index is 2.26. The maximum Gasteiger partial charge on any atom is 0.184 e. The molecule has 0 atom stereocenters. The van der Waals surface area contributed by atoms with Crippen molar-refractivity contribution >= 4 is 33.8 Å². The van der Waals surface area contributed by atoms with Gasteiger partial charge in [-0.15, -0.1) is 10.2 Å². The van der Waals surface area contributed by atoms with Gasteiger partial charge in [0.1, 0.15) is 12.1 Å². The maximum atomic E-state index is 14.3. The minimum Gasteiger partial charge on any atom is -0.395 e. The molecule has 2 aromatic carbocycles. The number of hydrogen-bond donors (Lipinski definition) is 1. The average molecular weight is 313 g/mol. The van der Waals surface area contributed by atoms with Gasteiger partial charge in [0.05, 0.1) is 11.2 Å². The number of halogens is 2. The van der Waals surface area contributed by atoms with E-state index in [0.717, 1.165) is 10.9 Å². The number of hydrogen-bond acceptors (Lipinski definition) is 3. The molecule has 22 heavy (non-hydrogen) atoms. The highest BCUT2D eigenvalue weighted by molar-refractivity contribution is 6.31. The molecule has 0 fully saturated rings. The van der Waals surface area contributed by atoms with Gasteiger partial charge in [0.15, 0.2) is 5.65 Å². The van der Waals surface area contributed by atoms with Gasteiger partial charge in [-0.1, -0.05) is 29.8 Å². The Kier molecular flexibility index (Phi) is 2.77. The third-order valence-corrected chi connectivity index (χ3v) is 3.92. The van der Waals surface area contributed by atoms with E-state index < -0.39 is 0 Å². The van der Waals surface area contributed by atoms with Gasteiger partial charge in [0.2, 0.25) is 0 Å². The van der Waals surface area contributed by atoms with Gasteiger partial charge in [-0.25, -0.2) is 4.39 Å². The minimum absolute atomic E-state index is 0.348. The van der Waals surface area contributed by atoms with Gasteiger partial charge in [-0.2, -0.15) is 0 Å². The molecule has 0 aliphatic carbocycles. The molecule has 0 saturated heterocycles. The minimum atomic E-state index is -0.348. The van der Waals surface area contributed by atoms with Crippen LogP contribution in [0.2, 0.25) is 5.02 Å². The number of rotatable bonds is 1. The smallest absolute Gasteiger partial charge is 0.184 e. The van der Waals surface area contributed by atoms with Crippen molar-refractivity contribution < 1.29 is 4.39 Å². The number of anilines is 1. The van der Waals surface area contributed by atoms with Gasteiger partial charge in [0.25, 0.3) is 0 Å². The second kappa shape index (κ2) is 4.68. The number of pyridine rings is 1. The van der Waals surface area contributed by atoms with E-state index in [1.54, 1.807) is 41.1 Å². The zero-order valence-corrected chi connectivity index (χ0v) is 12.0. The second-order valence-electron chi connectivity index (χ2n) is 4.95. The van der Waals surface area contributed by atoms with Gasteiger partial charge in [0, 0.05) is 21.5 Å². The van der Waals surface area contributed by atoms with E-state index in [4.69, 9.17) is 17.3 Å². The summed E-state index contributed by atoms with van der Waals surface area (Å²) in [5, 5.41) is 9.24. The molecular formula is C16H10ClFN4. The summed E-state index contributed by atoms with van der Waals surface area (Å²) in [4.78, 5) is 0. The van der Waals surface area contributed by atoms with Crippen LogP contribution in [0, 0.1) is 5.82 Å². The van der Waals surface area contributed by atoms with Crippen LogP contribution in [0.1, 0.15) is 0 Å². The Morgan fingerprint density at radius 3 is 2.77 bits per heavy atom. The molecule has 0 bridgehead atoms. The van der Waals surface area contributed by atoms with E-state index in [-0.39, 0.29) is 5.82 Å². The molecular weight excluding hydrogens is 303 g/mol. The lowest BCUT2D eigenvalue weighted by Gasteiger charge is -2.13. The number of benzene rings is 2. The van der Waals surface area contributed by atoms with Crippen molar-refractivity contribution in [3.63, 3.8) is 0 Å². The fraction of sp³-hybridized carbons (Fsp3) is 0. The summed E-state index contributed by atoms with van der Waals surface area (Å²) in [6.45, 7) is 0. The molecule has 0 aliphatic heterocycles. The highest BCUT2D eigenvalue weighted by atomic mass is 35.5. The van der Waals surface area contributed by atoms with E-state index in [0.29, 0.717) is 27.5 Å². The SMILES string of the molecule is Nc1c(-c2ccccc2F)c2cc(Cl)ccc2n2cnnc12. The molecule has 4 nitrogen and oxygen atoms in total. The Labute approximate surface area is 130 Å². The molecule has 2 aromatic heterocycles. The summed E-state index contributed by atoms with van der Waals surface area (Å²) < 4.78 is 16.0. The molecule has 6 heteroatoms. The molecule has 4 rings (SSSR count). The molecule has 108 valence electrons. The quantitative estimate of drug-likeness (QED) is 0.579. The lowest BCUT2D eigenvalue weighted by molar-refractivity contribution is 0.631. The third kappa shape index (κ3) is 1.76. The van der Waals surface area contributed by atoms with Crippen molar-refractivity contribution in [1.29, 1.82) is 0 Å². The molecule has 0 amide bonds. The van der Waals surface area contributed by atoms with Crippen LogP contribution in [-0.2, 0) is 0 Å². The van der Waals surface area contributed by atoms with Crippen LogP contribution in [0.4, 0.5) is 10.1 Å². The molecule has 4 aromatic rings. The van der Waals surface area contributed by atoms with E-state index in [1.165, 1.54) is 6.07 Å². The van der Waals surface area contributed by atoms with Crippen LogP contribution >= 0.6 is 11.6 Å². The summed E-state index contributed by atoms with van der Waals surface area (Å²) in [6, 6.07) is 11.9. The van der Waals surface area contributed by atoms with E-state index in [2.05, 4.69) is 10.2 Å². The van der Waals surface area contributed by atoms with Gasteiger partial charge in [-0.05, 0) is 24.3 Å². The van der Waals surface area contributed by atoms with Gasteiger partial charge >= 0.3 is 0 Å². The van der Waals surface area contributed by atoms with Crippen molar-refractivity contribution in [2.45, 2.75) is 0 Å². The molecule has 0 spiro atoms. The first-order chi connectivity index (χ1) is 10.7. The Hall–Kier alpha value is -2.66. The fourth-order valence-corrected chi connectivity index (χ4v) is 2.90. The highest BCUT2D eigenvalue weighted by Gasteiger charge is 2.18. The fourth-order valence-electron chi connectivity index (χ4n) is 2.72. The van der Waals surface area contributed by atoms with Crippen molar-refractivity contribution in [2.24, 2.45) is 0 Å². The molecule has 2 N–H and O–H groups in total. The van der Waals surface area contributed by atoms with E-state index >= 15 is 0 Å². The number of fused-ring (bicyclic) bond motifs is 3. The first kappa shape index (κ1) is 13.0. The van der Waals surface area contributed by atoms with Gasteiger partial charge < -0.3 is 5.73 Å². The largest absolute Gasteiger partial charge is 0.395 e. The third-order valence-electron chi connectivity index (χ3n) is 3.69. The molecule has 2 heterocycles. The van der Waals surface area contributed by atoms with Crippen LogP contribution in [0.15, 0.2) is 48.8 Å². The van der Waals surface area contributed by atoms with Gasteiger partial charge in [-0.3, -0.25) is 4.40 Å². The van der Waals surface area contributed by atoms with Crippen LogP contribution in [0.25, 0.3) is 27.7 Å². The summed E-state index contributed by atoms with van der Waals surface area (Å²) in [7, 11) is 0. The zero-order chi connectivity index (χ0) is 15.3. The topological polar surface area (TPSA) is 56.2 Å². The van der Waals surface area contributed by atoms with E-state index in [9.17, 15) is 4.39 Å². The van der Waals surface area contributed by atoms with Crippen molar-refractivity contribution in [3.05, 3.63) is 59.6 Å². The van der Waals surface area contributed by atoms with Crippen molar-refractivity contribution in [1.82, 2.24) is 14.6 Å². The first-order valence-electron chi connectivity index (χ1n) is 6.62. The predicted molar refractivity (Wildman–Crippen MR) is 85.3 cm³/mol. The summed E-state index contributed by atoms with van der Waals surface area (Å²) >= 11 is 6.12. The lowest BCUT2D eigenvalue weighted by atomic mass is 9.98. The van der Waals surface area contributed by atoms with Crippen LogP contribution in [0.5, 0.6) is 0 Å². The van der Waals surface area contributed by atoms with Crippen LogP contribution < -0.4 is 5.73 Å². The number of nitrogens with two attached hydrogens (primary N) is 1. The summed E-state index contributed by atoms with van der Waals surface area (Å²) in [6.07, 6.45) is 1.58. The monoisotopic (exact) mass is 312 g/mol. The number of nitrogen functional groups attached to an aromatic ring is 1. The normalized spacial score (nSPS) is 11.4. The molecule has 0 saturated carbocycles. The summed E-state index contributed by atoms with van der Waals surface area (Å²) in [5.74, 6) is -0.348. The average Bonchev–Trinajstić information content (AvgIpc) is 2.99. The zero-order valence-electron chi connectivity index (χ0n) is 11.3.